The number of hydrogen-bond acceptors (Lipinski definition) is 0. The van der Waals surface area contributed by atoms with Crippen molar-refractivity contribution in [1.29, 1.82) is 0 Å². The molecular weight excluding hydrogens is 436 g/mol. The lowest BCUT2D eigenvalue weighted by Gasteiger charge is -2.15. The summed E-state index contributed by atoms with van der Waals surface area (Å²) < 4.78 is 4.86. The zero-order valence-electron chi connectivity index (χ0n) is 21.1. The number of nitrogens with zero attached hydrogens (tertiary/aromatic N) is 2. The number of benzene rings is 1. The van der Waals surface area contributed by atoms with Crippen molar-refractivity contribution >= 4 is 36.5 Å². The Hall–Kier alpha value is -4.04. The Labute approximate surface area is 214 Å². The van der Waals surface area contributed by atoms with Gasteiger partial charge in [0.1, 0.15) is 0 Å². The maximum absolute atomic E-state index is 2.44. The standard InChI is InChI=1S/C34H32N2/c1-3-4-17-28-25(2)35(32-21-11-5-8-18-29(28)32)26-15-14-16-27(24-26)36-33-22-12-6-9-19-30(33)31-20-10-7-13-23-34(31)36/h4,6,8-18,20-24H,3,5,7,19H2,1-2H3/b17-4-. The summed E-state index contributed by atoms with van der Waals surface area (Å²) >= 11 is 0. The molecule has 3 aromatic rings. The van der Waals surface area contributed by atoms with E-state index in [0.29, 0.717) is 0 Å². The van der Waals surface area contributed by atoms with Crippen LogP contribution in [0.4, 0.5) is 0 Å². The molecule has 36 heavy (non-hydrogen) atoms. The lowest BCUT2D eigenvalue weighted by Crippen LogP contribution is -2.04. The summed E-state index contributed by atoms with van der Waals surface area (Å²) in [5.74, 6) is 0. The van der Waals surface area contributed by atoms with Gasteiger partial charge in [-0.2, -0.15) is 0 Å². The zero-order chi connectivity index (χ0) is 24.5. The van der Waals surface area contributed by atoms with Gasteiger partial charge in [0.15, 0.2) is 0 Å². The molecule has 0 fully saturated rings. The van der Waals surface area contributed by atoms with Gasteiger partial charge in [0.05, 0.1) is 17.1 Å². The van der Waals surface area contributed by atoms with Crippen molar-refractivity contribution in [3.63, 3.8) is 0 Å². The van der Waals surface area contributed by atoms with Crippen LogP contribution in [-0.2, 0) is 6.42 Å². The fourth-order valence-corrected chi connectivity index (χ4v) is 5.64. The van der Waals surface area contributed by atoms with E-state index in [0.717, 1.165) is 25.7 Å². The van der Waals surface area contributed by atoms with Crippen molar-refractivity contribution in [2.75, 3.05) is 0 Å². The molecule has 3 aliphatic rings. The molecule has 0 saturated heterocycles. The van der Waals surface area contributed by atoms with E-state index in [-0.39, 0.29) is 0 Å². The molecule has 0 unspecified atom stereocenters. The van der Waals surface area contributed by atoms with E-state index >= 15 is 0 Å². The van der Waals surface area contributed by atoms with Gasteiger partial charge in [0.25, 0.3) is 0 Å². The van der Waals surface area contributed by atoms with E-state index in [1.165, 1.54) is 56.4 Å². The molecule has 6 rings (SSSR count). The second-order valence-corrected chi connectivity index (χ2v) is 9.53. The smallest absolute Gasteiger partial charge is 0.0534 e. The first-order valence-corrected chi connectivity index (χ1v) is 13.1. The van der Waals surface area contributed by atoms with Crippen LogP contribution in [0.2, 0.25) is 0 Å². The van der Waals surface area contributed by atoms with Crippen molar-refractivity contribution in [3.8, 4) is 11.4 Å². The third kappa shape index (κ3) is 3.74. The minimum atomic E-state index is 0.948. The monoisotopic (exact) mass is 468 g/mol. The van der Waals surface area contributed by atoms with Crippen molar-refractivity contribution in [2.45, 2.75) is 39.5 Å². The molecule has 2 heterocycles. The van der Waals surface area contributed by atoms with Gasteiger partial charge in [-0.25, -0.2) is 0 Å². The molecule has 3 aliphatic carbocycles. The summed E-state index contributed by atoms with van der Waals surface area (Å²) in [5.41, 5.74) is 12.8. The minimum Gasteiger partial charge on any atom is -0.313 e. The number of aromatic nitrogens is 2. The molecule has 0 saturated carbocycles. The van der Waals surface area contributed by atoms with E-state index in [4.69, 9.17) is 0 Å². The van der Waals surface area contributed by atoms with E-state index in [1.807, 2.05) is 0 Å². The summed E-state index contributed by atoms with van der Waals surface area (Å²) in [6, 6.07) is 9.02. The summed E-state index contributed by atoms with van der Waals surface area (Å²) in [4.78, 5) is 0. The quantitative estimate of drug-likeness (QED) is 0.361. The first-order chi connectivity index (χ1) is 17.8. The molecule has 2 nitrogen and oxygen atoms in total. The molecule has 0 amide bonds. The Morgan fingerprint density at radius 2 is 1.44 bits per heavy atom. The molecule has 0 bridgehead atoms. The molecule has 178 valence electrons. The first kappa shape index (κ1) is 22.4. The lowest BCUT2D eigenvalue weighted by atomic mass is 10.1. The maximum Gasteiger partial charge on any atom is 0.0534 e. The molecule has 0 radical (unpaired) electrons. The third-order valence-corrected chi connectivity index (χ3v) is 7.28. The van der Waals surface area contributed by atoms with Crippen LogP contribution < -0.4 is 0 Å². The van der Waals surface area contributed by atoms with Crippen molar-refractivity contribution in [3.05, 3.63) is 118 Å². The third-order valence-electron chi connectivity index (χ3n) is 7.28. The van der Waals surface area contributed by atoms with Crippen LogP contribution in [0.15, 0.2) is 72.9 Å². The van der Waals surface area contributed by atoms with Crippen LogP contribution in [0.25, 0.3) is 47.8 Å². The van der Waals surface area contributed by atoms with E-state index in [1.54, 1.807) is 0 Å². The molecular formula is C34H32N2. The Kier molecular flexibility index (Phi) is 5.95. The van der Waals surface area contributed by atoms with E-state index in [9.17, 15) is 0 Å². The van der Waals surface area contributed by atoms with Gasteiger partial charge in [-0.05, 0) is 74.6 Å². The van der Waals surface area contributed by atoms with E-state index in [2.05, 4.69) is 132 Å². The molecule has 2 heteroatoms. The highest BCUT2D eigenvalue weighted by Crippen LogP contribution is 2.36. The van der Waals surface area contributed by atoms with Crippen molar-refractivity contribution < 1.29 is 0 Å². The molecule has 2 aromatic heterocycles. The van der Waals surface area contributed by atoms with Gasteiger partial charge < -0.3 is 9.13 Å². The normalized spacial score (nSPS) is 15.6. The maximum atomic E-state index is 2.44. The number of rotatable bonds is 4. The molecule has 0 N–H and O–H groups in total. The van der Waals surface area contributed by atoms with Crippen molar-refractivity contribution in [2.24, 2.45) is 0 Å². The van der Waals surface area contributed by atoms with Crippen LogP contribution >= 0.6 is 0 Å². The van der Waals surface area contributed by atoms with Crippen LogP contribution in [0, 0.1) is 6.92 Å². The largest absolute Gasteiger partial charge is 0.313 e. The Morgan fingerprint density at radius 1 is 0.750 bits per heavy atom. The summed E-state index contributed by atoms with van der Waals surface area (Å²) in [7, 11) is 0. The Balaban J connectivity index is 1.57. The fourth-order valence-electron chi connectivity index (χ4n) is 5.64. The Morgan fingerprint density at radius 3 is 2.22 bits per heavy atom. The minimum absolute atomic E-state index is 0.948. The molecule has 0 spiro atoms. The molecule has 0 atom stereocenters. The predicted octanol–water partition coefficient (Wildman–Crippen LogP) is 8.99. The van der Waals surface area contributed by atoms with Gasteiger partial charge in [-0.3, -0.25) is 0 Å². The van der Waals surface area contributed by atoms with Gasteiger partial charge in [0.2, 0.25) is 0 Å². The summed E-state index contributed by atoms with van der Waals surface area (Å²) in [6.07, 6.45) is 35.5. The van der Waals surface area contributed by atoms with E-state index < -0.39 is 0 Å². The average molecular weight is 469 g/mol. The Bertz CT molecular complexity index is 1540. The summed E-state index contributed by atoms with van der Waals surface area (Å²) in [5, 5.41) is 0. The topological polar surface area (TPSA) is 9.86 Å². The first-order valence-electron chi connectivity index (χ1n) is 13.1. The number of allylic oxidation sites excluding steroid dienone is 8. The number of fused-ring (bicyclic) bond motifs is 4. The molecule has 0 aliphatic heterocycles. The van der Waals surface area contributed by atoms with Gasteiger partial charge in [0, 0.05) is 33.8 Å². The highest BCUT2D eigenvalue weighted by molar-refractivity contribution is 5.79. The van der Waals surface area contributed by atoms with Gasteiger partial charge >= 0.3 is 0 Å². The zero-order valence-corrected chi connectivity index (χ0v) is 21.1. The van der Waals surface area contributed by atoms with Crippen LogP contribution in [0.5, 0.6) is 0 Å². The SMILES string of the molecule is CC/C=C\c1c2c(n(-c3cccc(-n4c5c(c6c4C=CC=CC6)C=CCC=C5)c3)c1C)C=CCC=C2. The second-order valence-electron chi connectivity index (χ2n) is 9.53. The summed E-state index contributed by atoms with van der Waals surface area (Å²) in [6.45, 7) is 4.44. The highest BCUT2D eigenvalue weighted by Gasteiger charge is 2.22. The second kappa shape index (κ2) is 9.54. The van der Waals surface area contributed by atoms with Crippen molar-refractivity contribution in [1.82, 2.24) is 9.13 Å². The van der Waals surface area contributed by atoms with Gasteiger partial charge in [-0.1, -0.05) is 79.8 Å². The fraction of sp³-hybridized carbons (Fsp3) is 0.176. The average Bonchev–Trinajstić information content (AvgIpc) is 3.16. The molecule has 1 aromatic carbocycles. The predicted molar refractivity (Wildman–Crippen MR) is 156 cm³/mol. The van der Waals surface area contributed by atoms with Crippen LogP contribution in [0.1, 0.15) is 71.2 Å². The van der Waals surface area contributed by atoms with Gasteiger partial charge in [-0.15, -0.1) is 0 Å². The highest BCUT2D eigenvalue weighted by atomic mass is 15.0. The van der Waals surface area contributed by atoms with Crippen LogP contribution in [0.3, 0.4) is 0 Å². The van der Waals surface area contributed by atoms with Crippen LogP contribution in [-0.4, -0.2) is 9.13 Å². The lowest BCUT2D eigenvalue weighted by molar-refractivity contribution is 0.980. The number of hydrogen-bond donors (Lipinski definition) is 0.